The zero-order chi connectivity index (χ0) is 12.7. The minimum absolute atomic E-state index is 0.229. The van der Waals surface area contributed by atoms with Crippen LogP contribution in [-0.4, -0.2) is 7.05 Å². The highest BCUT2D eigenvalue weighted by Crippen LogP contribution is 2.37. The van der Waals surface area contributed by atoms with Crippen LogP contribution in [-0.2, 0) is 0 Å². The first-order valence-corrected chi connectivity index (χ1v) is 7.60. The van der Waals surface area contributed by atoms with Crippen LogP contribution >= 0.6 is 22.7 Å². The van der Waals surface area contributed by atoms with Gasteiger partial charge in [0.15, 0.2) is 0 Å². The molecule has 0 aromatic carbocycles. The molecule has 0 saturated carbocycles. The van der Waals surface area contributed by atoms with Gasteiger partial charge in [0.2, 0.25) is 0 Å². The summed E-state index contributed by atoms with van der Waals surface area (Å²) in [5, 5.41) is 5.54. The largest absolute Gasteiger partial charge is 0.466 e. The molecule has 18 heavy (non-hydrogen) atoms. The summed E-state index contributed by atoms with van der Waals surface area (Å²) in [5.74, 6) is 1.98. The fourth-order valence-corrected chi connectivity index (χ4v) is 4.56. The Labute approximate surface area is 114 Å². The Morgan fingerprint density at radius 3 is 2.67 bits per heavy atom. The summed E-state index contributed by atoms with van der Waals surface area (Å²) in [6, 6.07) is 6.83. The lowest BCUT2D eigenvalue weighted by Gasteiger charge is -2.13. The van der Waals surface area contributed by atoms with E-state index in [1.54, 1.807) is 11.3 Å². The maximum Gasteiger partial charge on any atom is 0.106 e. The van der Waals surface area contributed by atoms with Crippen LogP contribution in [0.4, 0.5) is 0 Å². The van der Waals surface area contributed by atoms with Crippen LogP contribution in [0.15, 0.2) is 28.0 Å². The summed E-state index contributed by atoms with van der Waals surface area (Å²) in [5.41, 5.74) is 1.24. The third kappa shape index (κ3) is 1.90. The average Bonchev–Trinajstić information content (AvgIpc) is 2.95. The first-order chi connectivity index (χ1) is 8.69. The van der Waals surface area contributed by atoms with Crippen molar-refractivity contribution in [2.75, 3.05) is 7.05 Å². The predicted octanol–water partition coefficient (Wildman–Crippen LogP) is 4.48. The molecule has 0 aliphatic rings. The summed E-state index contributed by atoms with van der Waals surface area (Å²) in [6.07, 6.45) is 0. The smallest absolute Gasteiger partial charge is 0.106 e. The second-order valence-corrected chi connectivity index (χ2v) is 6.45. The monoisotopic (exact) mass is 277 g/mol. The molecule has 2 nitrogen and oxygen atoms in total. The van der Waals surface area contributed by atoms with Crippen molar-refractivity contribution in [1.29, 1.82) is 0 Å². The highest BCUT2D eigenvalue weighted by molar-refractivity contribution is 7.27. The van der Waals surface area contributed by atoms with E-state index in [0.717, 1.165) is 11.5 Å². The third-order valence-corrected chi connectivity index (χ3v) is 5.28. The van der Waals surface area contributed by atoms with Gasteiger partial charge >= 0.3 is 0 Å². The molecule has 4 heteroatoms. The SMILES string of the molecule is CNC(c1cc2sccc2s1)c1cc(C)oc1C. The number of hydrogen-bond donors (Lipinski definition) is 1. The van der Waals surface area contributed by atoms with E-state index in [4.69, 9.17) is 4.42 Å². The van der Waals surface area contributed by atoms with Crippen LogP contribution in [0.3, 0.4) is 0 Å². The number of hydrogen-bond acceptors (Lipinski definition) is 4. The number of aryl methyl sites for hydroxylation is 2. The van der Waals surface area contributed by atoms with E-state index in [-0.39, 0.29) is 6.04 Å². The van der Waals surface area contributed by atoms with Crippen LogP contribution < -0.4 is 5.32 Å². The molecule has 3 aromatic heterocycles. The molecule has 3 heterocycles. The first kappa shape index (κ1) is 12.0. The van der Waals surface area contributed by atoms with Gasteiger partial charge in [0.25, 0.3) is 0 Å². The Balaban J connectivity index is 2.06. The van der Waals surface area contributed by atoms with Crippen molar-refractivity contribution < 1.29 is 4.42 Å². The molecule has 0 saturated heterocycles. The minimum atomic E-state index is 0.229. The van der Waals surface area contributed by atoms with E-state index in [0.29, 0.717) is 0 Å². The minimum Gasteiger partial charge on any atom is -0.466 e. The van der Waals surface area contributed by atoms with Crippen LogP contribution in [0.2, 0.25) is 0 Å². The topological polar surface area (TPSA) is 25.2 Å². The van der Waals surface area contributed by atoms with Crippen molar-refractivity contribution in [3.63, 3.8) is 0 Å². The van der Waals surface area contributed by atoms with Gasteiger partial charge in [-0.3, -0.25) is 0 Å². The van der Waals surface area contributed by atoms with Gasteiger partial charge < -0.3 is 9.73 Å². The second-order valence-electron chi connectivity index (χ2n) is 4.39. The summed E-state index contributed by atoms with van der Waals surface area (Å²) in [6.45, 7) is 4.03. The van der Waals surface area contributed by atoms with E-state index >= 15 is 0 Å². The van der Waals surface area contributed by atoms with Crippen molar-refractivity contribution in [3.05, 3.63) is 45.5 Å². The van der Waals surface area contributed by atoms with Crippen molar-refractivity contribution in [3.8, 4) is 0 Å². The summed E-state index contributed by atoms with van der Waals surface area (Å²) in [7, 11) is 2.00. The van der Waals surface area contributed by atoms with E-state index in [1.165, 1.54) is 19.8 Å². The maximum atomic E-state index is 5.64. The highest BCUT2D eigenvalue weighted by Gasteiger charge is 2.19. The van der Waals surface area contributed by atoms with Crippen LogP contribution in [0.1, 0.15) is 28.0 Å². The van der Waals surface area contributed by atoms with Gasteiger partial charge in [-0.1, -0.05) is 0 Å². The number of nitrogens with one attached hydrogen (secondary N) is 1. The normalized spacial score (nSPS) is 13.3. The molecule has 3 aromatic rings. The van der Waals surface area contributed by atoms with Crippen LogP contribution in [0, 0.1) is 13.8 Å². The molecular formula is C14H15NOS2. The Kier molecular flexibility index (Phi) is 3.01. The Morgan fingerprint density at radius 2 is 2.06 bits per heavy atom. The molecule has 0 bridgehead atoms. The lowest BCUT2D eigenvalue weighted by molar-refractivity contribution is 0.497. The highest BCUT2D eigenvalue weighted by atomic mass is 32.1. The standard InChI is InChI=1S/C14H15NOS2/c1-8-6-10(9(2)16-8)14(15-3)13-7-12-11(18-13)4-5-17-12/h4-7,14-15H,1-3H3. The summed E-state index contributed by atoms with van der Waals surface area (Å²) < 4.78 is 8.38. The molecule has 0 amide bonds. The molecule has 0 aliphatic carbocycles. The molecule has 94 valence electrons. The van der Waals surface area contributed by atoms with Gasteiger partial charge in [-0.2, -0.15) is 0 Å². The first-order valence-electron chi connectivity index (χ1n) is 5.90. The van der Waals surface area contributed by atoms with Gasteiger partial charge in [0, 0.05) is 19.8 Å². The fraction of sp³-hybridized carbons (Fsp3) is 0.286. The van der Waals surface area contributed by atoms with Crippen LogP contribution in [0.5, 0.6) is 0 Å². The van der Waals surface area contributed by atoms with Crippen molar-refractivity contribution in [2.45, 2.75) is 19.9 Å². The van der Waals surface area contributed by atoms with Crippen LogP contribution in [0.25, 0.3) is 9.40 Å². The molecule has 1 unspecified atom stereocenters. The number of furan rings is 1. The van der Waals surface area contributed by atoms with E-state index in [1.807, 2.05) is 32.2 Å². The van der Waals surface area contributed by atoms with Crippen molar-refractivity contribution >= 4 is 32.1 Å². The summed E-state index contributed by atoms with van der Waals surface area (Å²) >= 11 is 3.66. The molecule has 0 fully saturated rings. The zero-order valence-corrected chi connectivity index (χ0v) is 12.2. The number of thiophene rings is 2. The zero-order valence-electron chi connectivity index (χ0n) is 10.6. The van der Waals surface area contributed by atoms with Crippen molar-refractivity contribution in [2.24, 2.45) is 0 Å². The quantitative estimate of drug-likeness (QED) is 0.763. The lowest BCUT2D eigenvalue weighted by atomic mass is 10.1. The third-order valence-electron chi connectivity index (χ3n) is 3.12. The number of fused-ring (bicyclic) bond motifs is 1. The Morgan fingerprint density at radius 1 is 1.22 bits per heavy atom. The van der Waals surface area contributed by atoms with E-state index in [2.05, 4.69) is 28.9 Å². The molecule has 0 spiro atoms. The van der Waals surface area contributed by atoms with Gasteiger partial charge in [-0.15, -0.1) is 22.7 Å². The molecule has 1 N–H and O–H groups in total. The predicted molar refractivity (Wildman–Crippen MR) is 78.8 cm³/mol. The van der Waals surface area contributed by atoms with Gasteiger partial charge in [-0.05, 0) is 44.5 Å². The number of rotatable bonds is 3. The van der Waals surface area contributed by atoms with Crippen molar-refractivity contribution in [1.82, 2.24) is 5.32 Å². The Bertz CT molecular complexity index is 648. The molecule has 0 radical (unpaired) electrons. The summed E-state index contributed by atoms with van der Waals surface area (Å²) in [4.78, 5) is 1.35. The van der Waals surface area contributed by atoms with Gasteiger partial charge in [-0.25, -0.2) is 0 Å². The van der Waals surface area contributed by atoms with Gasteiger partial charge in [0.1, 0.15) is 11.5 Å². The molecule has 3 rings (SSSR count). The van der Waals surface area contributed by atoms with E-state index < -0.39 is 0 Å². The molecule has 0 aliphatic heterocycles. The second kappa shape index (κ2) is 4.53. The lowest BCUT2D eigenvalue weighted by Crippen LogP contribution is -2.16. The maximum absolute atomic E-state index is 5.64. The molecular weight excluding hydrogens is 262 g/mol. The van der Waals surface area contributed by atoms with Gasteiger partial charge in [0.05, 0.1) is 6.04 Å². The average molecular weight is 277 g/mol. The fourth-order valence-electron chi connectivity index (χ4n) is 2.31. The Hall–Kier alpha value is -1.10. The van der Waals surface area contributed by atoms with E-state index in [9.17, 15) is 0 Å². The molecule has 1 atom stereocenters.